The van der Waals surface area contributed by atoms with Gasteiger partial charge < -0.3 is 10.2 Å². The largest absolute Gasteiger partial charge is 0.357 e. The second kappa shape index (κ2) is 10.6. The number of likely N-dealkylation sites (N-methyl/N-ethyl adjacent to an activating group) is 1. The van der Waals surface area contributed by atoms with Crippen LogP contribution in [0.2, 0.25) is 5.02 Å². The highest BCUT2D eigenvalue weighted by atomic mass is 35.5. The maximum Gasteiger partial charge on any atom is 0.247 e. The molecule has 0 aliphatic carbocycles. The molecule has 1 atom stereocenters. The molecule has 0 bridgehead atoms. The summed E-state index contributed by atoms with van der Waals surface area (Å²) < 4.78 is 0. The van der Waals surface area contributed by atoms with Crippen LogP contribution < -0.4 is 5.32 Å². The first-order valence-electron chi connectivity index (χ1n) is 9.93. The van der Waals surface area contributed by atoms with E-state index < -0.39 is 6.04 Å². The molecule has 3 aromatic carbocycles. The highest BCUT2D eigenvalue weighted by molar-refractivity contribution is 6.30. The molecule has 0 spiro atoms. The summed E-state index contributed by atoms with van der Waals surface area (Å²) in [6.07, 6.45) is 0.934. The number of hydrogen-bond acceptors (Lipinski definition) is 2. The van der Waals surface area contributed by atoms with E-state index in [9.17, 15) is 9.59 Å². The van der Waals surface area contributed by atoms with Crippen molar-refractivity contribution in [3.63, 3.8) is 0 Å². The average molecular weight is 421 g/mol. The van der Waals surface area contributed by atoms with Gasteiger partial charge in [0.2, 0.25) is 11.8 Å². The molecule has 0 aliphatic rings. The molecule has 2 amide bonds. The van der Waals surface area contributed by atoms with E-state index in [2.05, 4.69) is 5.32 Å². The molecule has 3 aromatic rings. The number of carbonyl (C=O) groups is 2. The van der Waals surface area contributed by atoms with Gasteiger partial charge in [-0.05, 0) is 35.2 Å². The fourth-order valence-electron chi connectivity index (χ4n) is 3.39. The zero-order valence-electron chi connectivity index (χ0n) is 16.9. The second-order valence-corrected chi connectivity index (χ2v) is 7.50. The Bertz CT molecular complexity index is 959. The smallest absolute Gasteiger partial charge is 0.247 e. The van der Waals surface area contributed by atoms with Gasteiger partial charge in [0.1, 0.15) is 6.04 Å². The third-order valence-electron chi connectivity index (χ3n) is 4.98. The monoisotopic (exact) mass is 420 g/mol. The topological polar surface area (TPSA) is 49.4 Å². The summed E-state index contributed by atoms with van der Waals surface area (Å²) in [7, 11) is 1.59. The molecule has 0 aromatic heterocycles. The summed E-state index contributed by atoms with van der Waals surface area (Å²) in [5.74, 6) is -0.297. The number of hydrogen-bond donors (Lipinski definition) is 1. The molecule has 0 aliphatic heterocycles. The summed E-state index contributed by atoms with van der Waals surface area (Å²) in [4.78, 5) is 27.8. The molecule has 1 N–H and O–H groups in total. The van der Waals surface area contributed by atoms with Crippen LogP contribution in [0.3, 0.4) is 0 Å². The van der Waals surface area contributed by atoms with Crippen molar-refractivity contribution in [1.82, 2.24) is 10.2 Å². The van der Waals surface area contributed by atoms with E-state index in [0.29, 0.717) is 24.4 Å². The van der Waals surface area contributed by atoms with E-state index in [1.807, 2.05) is 72.8 Å². The van der Waals surface area contributed by atoms with Crippen LogP contribution in [0.1, 0.15) is 29.2 Å². The van der Waals surface area contributed by atoms with Gasteiger partial charge >= 0.3 is 0 Å². The highest BCUT2D eigenvalue weighted by Crippen LogP contribution is 2.25. The van der Waals surface area contributed by atoms with Crippen molar-refractivity contribution in [2.75, 3.05) is 7.05 Å². The van der Waals surface area contributed by atoms with Crippen LogP contribution in [0, 0.1) is 0 Å². The SMILES string of the molecule is CNC(=O)C(c1ccccc1)N(Cc1ccc(Cl)cc1)C(=O)CCc1ccccc1. The van der Waals surface area contributed by atoms with E-state index in [1.165, 1.54) is 0 Å². The molecule has 0 fully saturated rings. The molecule has 0 heterocycles. The lowest BCUT2D eigenvalue weighted by Crippen LogP contribution is -2.42. The van der Waals surface area contributed by atoms with Crippen LogP contribution in [0.4, 0.5) is 0 Å². The van der Waals surface area contributed by atoms with Gasteiger partial charge in [-0.3, -0.25) is 9.59 Å². The summed E-state index contributed by atoms with van der Waals surface area (Å²) in [6, 6.07) is 25.9. The number of rotatable bonds is 8. The van der Waals surface area contributed by atoms with Crippen LogP contribution in [0.15, 0.2) is 84.9 Å². The van der Waals surface area contributed by atoms with Crippen LogP contribution in [0.25, 0.3) is 0 Å². The number of nitrogens with one attached hydrogen (secondary N) is 1. The van der Waals surface area contributed by atoms with Crippen molar-refractivity contribution in [3.05, 3.63) is 107 Å². The Balaban J connectivity index is 1.90. The van der Waals surface area contributed by atoms with Gasteiger partial charge in [0, 0.05) is 25.0 Å². The molecule has 0 radical (unpaired) electrons. The fourth-order valence-corrected chi connectivity index (χ4v) is 3.52. The van der Waals surface area contributed by atoms with Crippen LogP contribution in [-0.4, -0.2) is 23.8 Å². The Morgan fingerprint density at radius 2 is 1.47 bits per heavy atom. The molecule has 30 heavy (non-hydrogen) atoms. The Hall–Kier alpha value is -3.11. The van der Waals surface area contributed by atoms with E-state index >= 15 is 0 Å². The van der Waals surface area contributed by atoms with Gasteiger partial charge in [-0.2, -0.15) is 0 Å². The molecule has 5 heteroatoms. The van der Waals surface area contributed by atoms with Crippen molar-refractivity contribution in [3.8, 4) is 0 Å². The maximum absolute atomic E-state index is 13.3. The predicted octanol–water partition coefficient (Wildman–Crippen LogP) is 4.79. The fraction of sp³-hybridized carbons (Fsp3) is 0.200. The lowest BCUT2D eigenvalue weighted by Gasteiger charge is -2.31. The number of amides is 2. The minimum Gasteiger partial charge on any atom is -0.357 e. The number of benzene rings is 3. The molecule has 0 saturated carbocycles. The Kier molecular flexibility index (Phi) is 7.63. The third kappa shape index (κ3) is 5.71. The van der Waals surface area contributed by atoms with Crippen LogP contribution in [0.5, 0.6) is 0 Å². The molecule has 3 rings (SSSR count). The zero-order chi connectivity index (χ0) is 21.3. The third-order valence-corrected chi connectivity index (χ3v) is 5.23. The minimum absolute atomic E-state index is 0.0775. The Morgan fingerprint density at radius 1 is 0.867 bits per heavy atom. The van der Waals surface area contributed by atoms with Gasteiger partial charge in [-0.25, -0.2) is 0 Å². The van der Waals surface area contributed by atoms with Gasteiger partial charge in [-0.15, -0.1) is 0 Å². The van der Waals surface area contributed by atoms with Crippen molar-refractivity contribution in [1.29, 1.82) is 0 Å². The Labute approximate surface area is 182 Å². The normalized spacial score (nSPS) is 11.5. The summed E-state index contributed by atoms with van der Waals surface area (Å²) in [6.45, 7) is 0.317. The van der Waals surface area contributed by atoms with Crippen LogP contribution in [-0.2, 0) is 22.6 Å². The van der Waals surface area contributed by atoms with Crippen molar-refractivity contribution >= 4 is 23.4 Å². The summed E-state index contributed by atoms with van der Waals surface area (Å²) in [5.41, 5.74) is 2.78. The van der Waals surface area contributed by atoms with E-state index in [4.69, 9.17) is 11.6 Å². The first-order valence-corrected chi connectivity index (χ1v) is 10.3. The van der Waals surface area contributed by atoms with E-state index in [0.717, 1.165) is 16.7 Å². The number of aryl methyl sites for hydroxylation is 1. The Morgan fingerprint density at radius 3 is 2.07 bits per heavy atom. The lowest BCUT2D eigenvalue weighted by atomic mass is 10.0. The first-order chi connectivity index (χ1) is 14.6. The standard InChI is InChI=1S/C25H25ClN2O2/c1-27-25(30)24(21-10-6-3-7-11-21)28(18-20-12-15-22(26)16-13-20)23(29)17-14-19-8-4-2-5-9-19/h2-13,15-16,24H,14,17-18H2,1H3,(H,27,30). The number of nitrogens with zero attached hydrogens (tertiary/aromatic N) is 1. The molecule has 4 nitrogen and oxygen atoms in total. The summed E-state index contributed by atoms with van der Waals surface area (Å²) >= 11 is 6.01. The van der Waals surface area contributed by atoms with Crippen molar-refractivity contribution in [2.24, 2.45) is 0 Å². The molecule has 154 valence electrons. The van der Waals surface area contributed by atoms with Gasteiger partial charge in [-0.1, -0.05) is 84.4 Å². The van der Waals surface area contributed by atoms with Gasteiger partial charge in [0.25, 0.3) is 0 Å². The second-order valence-electron chi connectivity index (χ2n) is 7.06. The molecular weight excluding hydrogens is 396 g/mol. The van der Waals surface area contributed by atoms with Crippen LogP contribution >= 0.6 is 11.6 Å². The quantitative estimate of drug-likeness (QED) is 0.569. The van der Waals surface area contributed by atoms with Crippen molar-refractivity contribution < 1.29 is 9.59 Å². The minimum atomic E-state index is -0.713. The van der Waals surface area contributed by atoms with E-state index in [1.54, 1.807) is 24.1 Å². The molecule has 0 saturated heterocycles. The predicted molar refractivity (Wildman–Crippen MR) is 120 cm³/mol. The molecule has 1 unspecified atom stereocenters. The zero-order valence-corrected chi connectivity index (χ0v) is 17.7. The average Bonchev–Trinajstić information content (AvgIpc) is 2.79. The van der Waals surface area contributed by atoms with Crippen molar-refractivity contribution in [2.45, 2.75) is 25.4 Å². The maximum atomic E-state index is 13.3. The van der Waals surface area contributed by atoms with Gasteiger partial charge in [0.15, 0.2) is 0 Å². The molecular formula is C25H25ClN2O2. The van der Waals surface area contributed by atoms with Gasteiger partial charge in [0.05, 0.1) is 0 Å². The highest BCUT2D eigenvalue weighted by Gasteiger charge is 2.30. The number of halogens is 1. The first kappa shape index (κ1) is 21.6. The lowest BCUT2D eigenvalue weighted by molar-refractivity contribution is -0.141. The summed E-state index contributed by atoms with van der Waals surface area (Å²) in [5, 5.41) is 3.34. The number of carbonyl (C=O) groups excluding carboxylic acids is 2. The van der Waals surface area contributed by atoms with E-state index in [-0.39, 0.29) is 11.8 Å².